The Bertz CT molecular complexity index is 721. The van der Waals surface area contributed by atoms with Crippen molar-refractivity contribution in [2.75, 3.05) is 27.4 Å². The number of amides is 1. The molecule has 2 aromatic rings. The number of carbonyl (C=O) groups excluding carboxylic acids is 2. The van der Waals surface area contributed by atoms with Gasteiger partial charge in [-0.05, 0) is 11.6 Å². The number of hydrogen-bond donors (Lipinski definition) is 1. The summed E-state index contributed by atoms with van der Waals surface area (Å²) < 4.78 is 15.1. The van der Waals surface area contributed by atoms with Crippen molar-refractivity contribution in [1.82, 2.24) is 10.3 Å². The number of nitrogens with zero attached hydrogens (tertiary/aromatic N) is 1. The molecule has 0 saturated carbocycles. The van der Waals surface area contributed by atoms with Crippen LogP contribution in [0.25, 0.3) is 0 Å². The van der Waals surface area contributed by atoms with Crippen molar-refractivity contribution in [3.63, 3.8) is 0 Å². The second kappa shape index (κ2) is 10.1. The zero-order valence-corrected chi connectivity index (χ0v) is 14.8. The van der Waals surface area contributed by atoms with E-state index in [0.717, 1.165) is 5.56 Å². The van der Waals surface area contributed by atoms with Gasteiger partial charge in [0.25, 0.3) is 5.91 Å². The summed E-state index contributed by atoms with van der Waals surface area (Å²) in [4.78, 5) is 28.6. The van der Waals surface area contributed by atoms with Crippen LogP contribution in [-0.2, 0) is 20.7 Å². The Kier molecular flexibility index (Phi) is 7.57. The van der Waals surface area contributed by atoms with E-state index in [-0.39, 0.29) is 0 Å². The van der Waals surface area contributed by atoms with E-state index in [2.05, 4.69) is 10.3 Å². The average molecular weight is 358 g/mol. The third-order valence-electron chi connectivity index (χ3n) is 3.61. The number of nitrogens with one attached hydrogen (secondary N) is 1. The Hall–Kier alpha value is -2.93. The van der Waals surface area contributed by atoms with E-state index in [1.54, 1.807) is 13.2 Å². The van der Waals surface area contributed by atoms with E-state index in [4.69, 9.17) is 14.2 Å². The number of pyridine rings is 1. The standard InChI is InChI=1S/C19H22N2O5/c1-24-10-11-26-17-13-15(8-9-20-17)18(22)21-16(19(23)25-2)12-14-6-4-3-5-7-14/h3-9,13,16H,10-12H2,1-2H3,(H,21,22). The molecule has 7 nitrogen and oxygen atoms in total. The van der Waals surface area contributed by atoms with Crippen LogP contribution in [-0.4, -0.2) is 50.3 Å². The van der Waals surface area contributed by atoms with Crippen molar-refractivity contribution >= 4 is 11.9 Å². The van der Waals surface area contributed by atoms with Crippen LogP contribution >= 0.6 is 0 Å². The lowest BCUT2D eigenvalue weighted by atomic mass is 10.1. The van der Waals surface area contributed by atoms with E-state index in [0.29, 0.717) is 31.1 Å². The third kappa shape index (κ3) is 5.86. The summed E-state index contributed by atoms with van der Waals surface area (Å²) in [7, 11) is 2.86. The lowest BCUT2D eigenvalue weighted by Gasteiger charge is -2.17. The number of ether oxygens (including phenoxy) is 3. The molecule has 0 fully saturated rings. The summed E-state index contributed by atoms with van der Waals surface area (Å²) in [6.45, 7) is 0.743. The molecule has 1 atom stereocenters. The molecule has 1 N–H and O–H groups in total. The molecule has 1 aromatic carbocycles. The summed E-state index contributed by atoms with van der Waals surface area (Å²) in [6.07, 6.45) is 1.81. The van der Waals surface area contributed by atoms with Crippen molar-refractivity contribution in [2.45, 2.75) is 12.5 Å². The molecule has 7 heteroatoms. The van der Waals surface area contributed by atoms with Gasteiger partial charge < -0.3 is 19.5 Å². The van der Waals surface area contributed by atoms with Gasteiger partial charge in [-0.1, -0.05) is 30.3 Å². The van der Waals surface area contributed by atoms with Crippen LogP contribution in [0.4, 0.5) is 0 Å². The minimum atomic E-state index is -0.791. The minimum absolute atomic E-state index is 0.312. The van der Waals surface area contributed by atoms with Gasteiger partial charge in [0.1, 0.15) is 12.6 Å². The van der Waals surface area contributed by atoms with Gasteiger partial charge in [-0.2, -0.15) is 0 Å². The molecule has 0 aliphatic carbocycles. The fourth-order valence-electron chi connectivity index (χ4n) is 2.29. The zero-order valence-electron chi connectivity index (χ0n) is 14.8. The quantitative estimate of drug-likeness (QED) is 0.541. The summed E-state index contributed by atoms with van der Waals surface area (Å²) in [5.74, 6) is -0.601. The Morgan fingerprint density at radius 3 is 2.58 bits per heavy atom. The second-order valence-electron chi connectivity index (χ2n) is 5.46. The Labute approximate surface area is 152 Å². The van der Waals surface area contributed by atoms with E-state index < -0.39 is 17.9 Å². The first kappa shape index (κ1) is 19.4. The maximum Gasteiger partial charge on any atom is 0.328 e. The maximum absolute atomic E-state index is 12.5. The number of carbonyl (C=O) groups is 2. The maximum atomic E-state index is 12.5. The highest BCUT2D eigenvalue weighted by molar-refractivity contribution is 5.97. The van der Waals surface area contributed by atoms with Crippen LogP contribution in [0.2, 0.25) is 0 Å². The number of rotatable bonds is 9. The number of esters is 1. The highest BCUT2D eigenvalue weighted by atomic mass is 16.5. The number of aromatic nitrogens is 1. The van der Waals surface area contributed by atoms with Crippen molar-refractivity contribution in [2.24, 2.45) is 0 Å². The summed E-state index contributed by atoms with van der Waals surface area (Å²) in [6, 6.07) is 11.7. The van der Waals surface area contributed by atoms with Crippen LogP contribution in [0.15, 0.2) is 48.7 Å². The highest BCUT2D eigenvalue weighted by Gasteiger charge is 2.22. The van der Waals surface area contributed by atoms with Gasteiger partial charge in [0.15, 0.2) is 0 Å². The number of benzene rings is 1. The lowest BCUT2D eigenvalue weighted by molar-refractivity contribution is -0.142. The van der Waals surface area contributed by atoms with Crippen molar-refractivity contribution < 1.29 is 23.8 Å². The predicted molar refractivity (Wildman–Crippen MR) is 95.0 cm³/mol. The van der Waals surface area contributed by atoms with Crippen molar-refractivity contribution in [1.29, 1.82) is 0 Å². The zero-order chi connectivity index (χ0) is 18.8. The molecule has 0 aliphatic rings. The molecule has 1 amide bonds. The number of methoxy groups -OCH3 is 2. The van der Waals surface area contributed by atoms with Gasteiger partial charge >= 0.3 is 5.97 Å². The normalized spacial score (nSPS) is 11.5. The Morgan fingerprint density at radius 2 is 1.88 bits per heavy atom. The Balaban J connectivity index is 2.06. The highest BCUT2D eigenvalue weighted by Crippen LogP contribution is 2.11. The molecule has 0 spiro atoms. The van der Waals surface area contributed by atoms with E-state index >= 15 is 0 Å². The SMILES string of the molecule is COCCOc1cc(C(=O)NC(Cc2ccccc2)C(=O)OC)ccn1. The fourth-order valence-corrected chi connectivity index (χ4v) is 2.29. The van der Waals surface area contributed by atoms with Crippen LogP contribution in [0.5, 0.6) is 5.88 Å². The van der Waals surface area contributed by atoms with Crippen LogP contribution in [0, 0.1) is 0 Å². The van der Waals surface area contributed by atoms with Gasteiger partial charge in [0.05, 0.1) is 13.7 Å². The molecule has 1 aromatic heterocycles. The number of hydrogen-bond acceptors (Lipinski definition) is 6. The molecular weight excluding hydrogens is 336 g/mol. The summed E-state index contributed by atoms with van der Waals surface area (Å²) >= 11 is 0. The van der Waals surface area contributed by atoms with Gasteiger partial charge in [-0.3, -0.25) is 4.79 Å². The second-order valence-corrected chi connectivity index (χ2v) is 5.46. The third-order valence-corrected chi connectivity index (χ3v) is 3.61. The molecule has 1 heterocycles. The van der Waals surface area contributed by atoms with Crippen molar-refractivity contribution in [3.05, 3.63) is 59.8 Å². The molecule has 0 radical (unpaired) electrons. The first-order valence-corrected chi connectivity index (χ1v) is 8.14. The van der Waals surface area contributed by atoms with Crippen LogP contribution in [0.1, 0.15) is 15.9 Å². The fraction of sp³-hybridized carbons (Fsp3) is 0.316. The monoisotopic (exact) mass is 358 g/mol. The smallest absolute Gasteiger partial charge is 0.328 e. The molecule has 138 valence electrons. The molecule has 0 bridgehead atoms. The first-order valence-electron chi connectivity index (χ1n) is 8.14. The molecule has 26 heavy (non-hydrogen) atoms. The average Bonchev–Trinajstić information content (AvgIpc) is 2.68. The van der Waals surface area contributed by atoms with Gasteiger partial charge in [-0.25, -0.2) is 9.78 Å². The molecule has 0 aliphatic heterocycles. The largest absolute Gasteiger partial charge is 0.475 e. The van der Waals surface area contributed by atoms with Gasteiger partial charge in [-0.15, -0.1) is 0 Å². The topological polar surface area (TPSA) is 86.8 Å². The summed E-state index contributed by atoms with van der Waals surface area (Å²) in [5, 5.41) is 2.71. The first-order chi connectivity index (χ1) is 12.6. The Morgan fingerprint density at radius 1 is 1.12 bits per heavy atom. The van der Waals surface area contributed by atoms with E-state index in [1.807, 2.05) is 30.3 Å². The molecule has 0 saturated heterocycles. The van der Waals surface area contributed by atoms with Crippen LogP contribution in [0.3, 0.4) is 0 Å². The lowest BCUT2D eigenvalue weighted by Crippen LogP contribution is -2.43. The van der Waals surface area contributed by atoms with Gasteiger partial charge in [0.2, 0.25) is 5.88 Å². The molecule has 2 rings (SSSR count). The summed E-state index contributed by atoms with van der Waals surface area (Å²) in [5.41, 5.74) is 1.26. The van der Waals surface area contributed by atoms with Crippen LogP contribution < -0.4 is 10.1 Å². The van der Waals surface area contributed by atoms with E-state index in [9.17, 15) is 9.59 Å². The van der Waals surface area contributed by atoms with Gasteiger partial charge in [0, 0.05) is 31.4 Å². The predicted octanol–water partition coefficient (Wildman–Crippen LogP) is 1.62. The van der Waals surface area contributed by atoms with E-state index in [1.165, 1.54) is 19.4 Å². The minimum Gasteiger partial charge on any atom is -0.475 e. The molecule has 1 unspecified atom stereocenters. The molecular formula is C19H22N2O5. The van der Waals surface area contributed by atoms with Crippen molar-refractivity contribution in [3.8, 4) is 5.88 Å².